The summed E-state index contributed by atoms with van der Waals surface area (Å²) in [6.45, 7) is 1.76. The van der Waals surface area contributed by atoms with Gasteiger partial charge in [-0.1, -0.05) is 12.1 Å². The highest BCUT2D eigenvalue weighted by Crippen LogP contribution is 2.15. The van der Waals surface area contributed by atoms with Crippen LogP contribution in [-0.2, 0) is 6.54 Å². The molecule has 0 atom stereocenters. The van der Waals surface area contributed by atoms with Crippen LogP contribution in [0.3, 0.4) is 0 Å². The van der Waals surface area contributed by atoms with Crippen LogP contribution in [0, 0.1) is 0 Å². The van der Waals surface area contributed by atoms with Crippen LogP contribution in [0.4, 0.5) is 17.1 Å². The first-order chi connectivity index (χ1) is 9.78. The zero-order chi connectivity index (χ0) is 14.2. The predicted octanol–water partition coefficient (Wildman–Crippen LogP) is 3.61. The Morgan fingerprint density at radius 2 is 1.45 bits per heavy atom. The van der Waals surface area contributed by atoms with Gasteiger partial charge in [-0.2, -0.15) is 12.6 Å². The lowest BCUT2D eigenvalue weighted by molar-refractivity contribution is 0.995. The monoisotopic (exact) mass is 287 g/mol. The largest absolute Gasteiger partial charge is 0.399 e. The Kier molecular flexibility index (Phi) is 5.62. The van der Waals surface area contributed by atoms with Gasteiger partial charge in [0.05, 0.1) is 0 Å². The lowest BCUT2D eigenvalue weighted by Gasteiger charge is -2.09. The Morgan fingerprint density at radius 3 is 2.05 bits per heavy atom. The summed E-state index contributed by atoms with van der Waals surface area (Å²) in [5, 5.41) is 6.76. The van der Waals surface area contributed by atoms with E-state index in [1.54, 1.807) is 0 Å². The minimum atomic E-state index is 0.797. The van der Waals surface area contributed by atoms with Crippen molar-refractivity contribution in [1.82, 2.24) is 0 Å². The van der Waals surface area contributed by atoms with Crippen LogP contribution in [0.25, 0.3) is 0 Å². The molecule has 20 heavy (non-hydrogen) atoms. The van der Waals surface area contributed by atoms with Gasteiger partial charge in [-0.05, 0) is 54.1 Å². The number of anilines is 3. The first kappa shape index (κ1) is 14.6. The molecule has 106 valence electrons. The van der Waals surface area contributed by atoms with Gasteiger partial charge in [-0.15, -0.1) is 0 Å². The summed E-state index contributed by atoms with van der Waals surface area (Å²) in [5.74, 6) is 0.911. The van der Waals surface area contributed by atoms with Crippen molar-refractivity contribution in [3.63, 3.8) is 0 Å². The van der Waals surface area contributed by atoms with Crippen LogP contribution < -0.4 is 16.4 Å². The lowest BCUT2D eigenvalue weighted by Crippen LogP contribution is -2.02. The van der Waals surface area contributed by atoms with Crippen LogP contribution in [0.15, 0.2) is 48.5 Å². The first-order valence-corrected chi connectivity index (χ1v) is 7.44. The summed E-state index contributed by atoms with van der Waals surface area (Å²) in [4.78, 5) is 0. The second-order valence-corrected chi connectivity index (χ2v) is 5.12. The van der Waals surface area contributed by atoms with Crippen LogP contribution in [0.5, 0.6) is 0 Å². The lowest BCUT2D eigenvalue weighted by atomic mass is 10.2. The zero-order valence-electron chi connectivity index (χ0n) is 11.5. The van der Waals surface area contributed by atoms with Crippen LogP contribution in [0.1, 0.15) is 12.0 Å². The van der Waals surface area contributed by atoms with Gasteiger partial charge in [0.2, 0.25) is 0 Å². The number of hydrogen-bond donors (Lipinski definition) is 4. The van der Waals surface area contributed by atoms with E-state index in [-0.39, 0.29) is 0 Å². The van der Waals surface area contributed by atoms with Crippen LogP contribution in [0.2, 0.25) is 0 Å². The molecule has 4 heteroatoms. The molecule has 2 rings (SSSR count). The Morgan fingerprint density at radius 1 is 0.850 bits per heavy atom. The second-order valence-electron chi connectivity index (χ2n) is 4.68. The van der Waals surface area contributed by atoms with Crippen LogP contribution >= 0.6 is 12.6 Å². The molecule has 0 radical (unpaired) electrons. The number of hydrogen-bond acceptors (Lipinski definition) is 4. The highest BCUT2D eigenvalue weighted by Gasteiger charge is 1.96. The summed E-state index contributed by atoms with van der Waals surface area (Å²) in [6, 6.07) is 16.3. The maximum Gasteiger partial charge on any atom is 0.0400 e. The molecule has 4 N–H and O–H groups in total. The van der Waals surface area contributed by atoms with Gasteiger partial charge in [-0.3, -0.25) is 0 Å². The Hall–Kier alpha value is -1.81. The van der Waals surface area contributed by atoms with E-state index in [0.717, 1.165) is 42.3 Å². The minimum Gasteiger partial charge on any atom is -0.399 e. The average Bonchev–Trinajstić information content (AvgIpc) is 2.48. The smallest absolute Gasteiger partial charge is 0.0400 e. The highest BCUT2D eigenvalue weighted by molar-refractivity contribution is 7.80. The number of nitrogens with one attached hydrogen (secondary N) is 2. The minimum absolute atomic E-state index is 0.797. The van der Waals surface area contributed by atoms with E-state index >= 15 is 0 Å². The number of nitrogen functional groups attached to an aromatic ring is 1. The summed E-state index contributed by atoms with van der Waals surface area (Å²) in [5.41, 5.74) is 9.94. The molecule has 0 aromatic heterocycles. The first-order valence-electron chi connectivity index (χ1n) is 6.81. The summed E-state index contributed by atoms with van der Waals surface area (Å²) < 4.78 is 0. The third-order valence-electron chi connectivity index (χ3n) is 3.03. The molecule has 2 aromatic carbocycles. The quantitative estimate of drug-likeness (QED) is 0.357. The molecule has 0 bridgehead atoms. The molecule has 0 fully saturated rings. The number of rotatable bonds is 7. The van der Waals surface area contributed by atoms with Gasteiger partial charge >= 0.3 is 0 Å². The van der Waals surface area contributed by atoms with Gasteiger partial charge in [0.15, 0.2) is 0 Å². The molecule has 0 aliphatic carbocycles. The van der Waals surface area contributed by atoms with Crippen LogP contribution in [-0.4, -0.2) is 12.3 Å². The van der Waals surface area contributed by atoms with Crippen molar-refractivity contribution in [3.05, 3.63) is 54.1 Å². The number of benzene rings is 2. The Bertz CT molecular complexity index is 508. The van der Waals surface area contributed by atoms with E-state index in [0.29, 0.717) is 0 Å². The van der Waals surface area contributed by atoms with Crippen molar-refractivity contribution >= 4 is 29.7 Å². The topological polar surface area (TPSA) is 50.1 Å². The van der Waals surface area contributed by atoms with Crippen molar-refractivity contribution in [2.75, 3.05) is 28.7 Å². The molecule has 0 unspecified atom stereocenters. The molecule has 0 aliphatic rings. The van der Waals surface area contributed by atoms with Gasteiger partial charge in [0, 0.05) is 30.2 Å². The zero-order valence-corrected chi connectivity index (χ0v) is 12.4. The molecule has 0 saturated heterocycles. The fourth-order valence-electron chi connectivity index (χ4n) is 1.86. The van der Waals surface area contributed by atoms with E-state index in [1.165, 1.54) is 5.56 Å². The number of thiol groups is 1. The third kappa shape index (κ3) is 4.70. The average molecular weight is 287 g/mol. The van der Waals surface area contributed by atoms with Crippen molar-refractivity contribution in [3.8, 4) is 0 Å². The van der Waals surface area contributed by atoms with E-state index in [2.05, 4.69) is 47.5 Å². The van der Waals surface area contributed by atoms with Gasteiger partial charge < -0.3 is 16.4 Å². The molecular formula is C16H21N3S. The molecule has 0 heterocycles. The molecule has 3 nitrogen and oxygen atoms in total. The normalized spacial score (nSPS) is 10.2. The summed E-state index contributed by atoms with van der Waals surface area (Å²) in [7, 11) is 0. The molecular weight excluding hydrogens is 266 g/mol. The summed E-state index contributed by atoms with van der Waals surface area (Å²) in [6.07, 6.45) is 1.07. The molecule has 0 amide bonds. The van der Waals surface area contributed by atoms with Crippen molar-refractivity contribution < 1.29 is 0 Å². The Balaban J connectivity index is 1.82. The Labute approximate surface area is 126 Å². The highest BCUT2D eigenvalue weighted by atomic mass is 32.1. The van der Waals surface area contributed by atoms with E-state index in [9.17, 15) is 0 Å². The maximum atomic E-state index is 5.67. The fraction of sp³-hybridized carbons (Fsp3) is 0.250. The molecule has 0 saturated carbocycles. The van der Waals surface area contributed by atoms with Crippen molar-refractivity contribution in [2.24, 2.45) is 0 Å². The summed E-state index contributed by atoms with van der Waals surface area (Å²) >= 11 is 4.19. The van der Waals surface area contributed by atoms with E-state index in [4.69, 9.17) is 5.73 Å². The second kappa shape index (κ2) is 7.70. The predicted molar refractivity (Wildman–Crippen MR) is 91.6 cm³/mol. The van der Waals surface area contributed by atoms with Crippen molar-refractivity contribution in [1.29, 1.82) is 0 Å². The van der Waals surface area contributed by atoms with Gasteiger partial charge in [0.1, 0.15) is 0 Å². The van der Waals surface area contributed by atoms with Gasteiger partial charge in [-0.25, -0.2) is 0 Å². The standard InChI is InChI=1S/C16H21N3S/c17-14-4-2-13(3-5-14)12-19-16-8-6-15(7-9-16)18-10-1-11-20/h2-9,18-20H,1,10-12,17H2. The molecule has 0 aliphatic heterocycles. The molecule has 0 spiro atoms. The fourth-order valence-corrected chi connectivity index (χ4v) is 2.02. The SMILES string of the molecule is Nc1ccc(CNc2ccc(NCCCS)cc2)cc1. The molecule has 2 aromatic rings. The van der Waals surface area contributed by atoms with E-state index in [1.807, 2.05) is 24.3 Å². The van der Waals surface area contributed by atoms with Crippen molar-refractivity contribution in [2.45, 2.75) is 13.0 Å². The maximum absolute atomic E-state index is 5.67. The van der Waals surface area contributed by atoms with E-state index < -0.39 is 0 Å². The third-order valence-corrected chi connectivity index (χ3v) is 3.34. The van der Waals surface area contributed by atoms with Gasteiger partial charge in [0.25, 0.3) is 0 Å². The number of nitrogens with two attached hydrogens (primary N) is 1.